The number of carbonyl (C=O) groups excluding carboxylic acids is 2. The second-order valence-corrected chi connectivity index (χ2v) is 7.25. The topological polar surface area (TPSA) is 202 Å². The van der Waals surface area contributed by atoms with Crippen LogP contribution in [0.4, 0.5) is 0 Å². The van der Waals surface area contributed by atoms with Gasteiger partial charge in [0.1, 0.15) is 12.1 Å². The fourth-order valence-corrected chi connectivity index (χ4v) is 3.06. The van der Waals surface area contributed by atoms with Crippen LogP contribution < -0.4 is 27.8 Å². The number of aromatic amines is 1. The summed E-state index contributed by atoms with van der Waals surface area (Å²) >= 11 is 0. The summed E-state index contributed by atoms with van der Waals surface area (Å²) in [6, 6.07) is 4.67. The van der Waals surface area contributed by atoms with Crippen LogP contribution in [-0.4, -0.2) is 58.5 Å². The number of carboxylic acid groups (broad SMARTS) is 1. The molecule has 168 valence electrons. The van der Waals surface area contributed by atoms with Crippen LogP contribution in [-0.2, 0) is 20.8 Å². The number of aliphatic carboxylic acids is 1. The van der Waals surface area contributed by atoms with Gasteiger partial charge < -0.3 is 37.9 Å². The smallest absolute Gasteiger partial charge is 0.325 e. The van der Waals surface area contributed by atoms with Crippen molar-refractivity contribution in [3.8, 4) is 0 Å². The summed E-state index contributed by atoms with van der Waals surface area (Å²) in [6.07, 6.45) is 2.67. The average Bonchev–Trinajstić information content (AvgIpc) is 3.12. The minimum atomic E-state index is -1.19. The Morgan fingerprint density at radius 3 is 2.55 bits per heavy atom. The third-order valence-corrected chi connectivity index (χ3v) is 4.76. The summed E-state index contributed by atoms with van der Waals surface area (Å²) in [7, 11) is 0. The molecule has 0 aliphatic heterocycles. The zero-order valence-electron chi connectivity index (χ0n) is 17.3. The monoisotopic (exact) mass is 431 g/mol. The van der Waals surface area contributed by atoms with Crippen molar-refractivity contribution in [2.24, 2.45) is 22.2 Å². The number of fused-ring (bicyclic) bond motifs is 1. The van der Waals surface area contributed by atoms with Crippen LogP contribution in [0, 0.1) is 0 Å². The number of carbonyl (C=O) groups is 3. The van der Waals surface area contributed by atoms with Crippen molar-refractivity contribution in [1.29, 1.82) is 0 Å². The maximum absolute atomic E-state index is 12.7. The van der Waals surface area contributed by atoms with Crippen LogP contribution in [0.2, 0.25) is 0 Å². The van der Waals surface area contributed by atoms with Gasteiger partial charge in [-0.25, -0.2) is 0 Å². The molecular weight excluding hydrogens is 402 g/mol. The maximum atomic E-state index is 12.7. The third kappa shape index (κ3) is 7.00. The number of carboxylic acids is 1. The first-order valence-electron chi connectivity index (χ1n) is 9.88. The average molecular weight is 431 g/mol. The summed E-state index contributed by atoms with van der Waals surface area (Å²) in [5.74, 6) is -2.40. The van der Waals surface area contributed by atoms with E-state index in [1.54, 1.807) is 6.20 Å². The number of nitrogens with one attached hydrogen (secondary N) is 3. The standard InChI is InChI=1S/C20H29N7O4/c1-11(19(30)31)26-18(29)16(7-4-8-24-20(22)23)27-17(28)14(21)9-12-10-25-15-6-3-2-5-13(12)15/h2-3,5-6,10-11,14,16,25H,4,7-9,21H2,1H3,(H,26,29)(H,27,28)(H,30,31)(H4,22,23,24)/t11-,14-,16-/m0/s1. The summed E-state index contributed by atoms with van der Waals surface area (Å²) < 4.78 is 0. The van der Waals surface area contributed by atoms with Gasteiger partial charge >= 0.3 is 5.97 Å². The highest BCUT2D eigenvalue weighted by Crippen LogP contribution is 2.18. The highest BCUT2D eigenvalue weighted by Gasteiger charge is 2.26. The SMILES string of the molecule is C[C@H](NC(=O)[C@H](CCCN=C(N)N)NC(=O)[C@@H](N)Cc1c[nH]c2ccccc12)C(=O)O. The molecule has 11 nitrogen and oxygen atoms in total. The molecule has 0 aliphatic carbocycles. The lowest BCUT2D eigenvalue weighted by molar-refractivity contribution is -0.141. The lowest BCUT2D eigenvalue weighted by Gasteiger charge is -2.21. The third-order valence-electron chi connectivity index (χ3n) is 4.76. The predicted molar refractivity (Wildman–Crippen MR) is 117 cm³/mol. The molecule has 2 rings (SSSR count). The highest BCUT2D eigenvalue weighted by molar-refractivity contribution is 5.92. The van der Waals surface area contributed by atoms with Gasteiger partial charge in [0.05, 0.1) is 6.04 Å². The molecule has 0 fully saturated rings. The number of hydrogen-bond donors (Lipinski definition) is 7. The molecule has 31 heavy (non-hydrogen) atoms. The molecule has 2 aromatic rings. The number of nitrogens with two attached hydrogens (primary N) is 3. The Morgan fingerprint density at radius 2 is 1.87 bits per heavy atom. The van der Waals surface area contributed by atoms with Gasteiger partial charge in [-0.05, 0) is 37.8 Å². The van der Waals surface area contributed by atoms with Crippen LogP contribution in [0.3, 0.4) is 0 Å². The fraction of sp³-hybridized carbons (Fsp3) is 0.400. The van der Waals surface area contributed by atoms with E-state index in [1.165, 1.54) is 6.92 Å². The van der Waals surface area contributed by atoms with E-state index in [9.17, 15) is 14.4 Å². The fourth-order valence-electron chi connectivity index (χ4n) is 3.06. The first-order chi connectivity index (χ1) is 14.7. The van der Waals surface area contributed by atoms with Crippen molar-refractivity contribution in [2.45, 2.75) is 44.3 Å². The van der Waals surface area contributed by atoms with E-state index >= 15 is 0 Å². The first-order valence-corrected chi connectivity index (χ1v) is 9.88. The molecule has 1 heterocycles. The molecule has 10 N–H and O–H groups in total. The lowest BCUT2D eigenvalue weighted by atomic mass is 10.0. The van der Waals surface area contributed by atoms with E-state index in [0.29, 0.717) is 6.42 Å². The van der Waals surface area contributed by atoms with Gasteiger partial charge in [-0.1, -0.05) is 18.2 Å². The van der Waals surface area contributed by atoms with Crippen molar-refractivity contribution >= 4 is 34.6 Å². The van der Waals surface area contributed by atoms with Crippen LogP contribution in [0.25, 0.3) is 10.9 Å². The van der Waals surface area contributed by atoms with Crippen molar-refractivity contribution in [3.05, 3.63) is 36.0 Å². The van der Waals surface area contributed by atoms with Gasteiger partial charge in [0.15, 0.2) is 5.96 Å². The number of aliphatic imine (C=N–C) groups is 1. The Labute approximate surface area is 179 Å². The van der Waals surface area contributed by atoms with Crippen LogP contribution in [0.1, 0.15) is 25.3 Å². The van der Waals surface area contributed by atoms with Gasteiger partial charge in [0.25, 0.3) is 0 Å². The zero-order valence-corrected chi connectivity index (χ0v) is 17.3. The Bertz CT molecular complexity index is 952. The molecule has 0 bridgehead atoms. The Morgan fingerprint density at radius 1 is 1.16 bits per heavy atom. The summed E-state index contributed by atoms with van der Waals surface area (Å²) in [5.41, 5.74) is 18.5. The minimum absolute atomic E-state index is 0.0784. The molecule has 0 radical (unpaired) electrons. The normalized spacial score (nSPS) is 13.7. The molecule has 2 amide bonds. The number of guanidine groups is 1. The number of benzene rings is 1. The summed E-state index contributed by atoms with van der Waals surface area (Å²) in [6.45, 7) is 1.60. The van der Waals surface area contributed by atoms with E-state index in [-0.39, 0.29) is 25.3 Å². The number of aromatic nitrogens is 1. The van der Waals surface area contributed by atoms with Crippen molar-refractivity contribution in [2.75, 3.05) is 6.54 Å². The quantitative estimate of drug-likeness (QED) is 0.136. The molecule has 3 atom stereocenters. The van der Waals surface area contributed by atoms with Crippen LogP contribution >= 0.6 is 0 Å². The number of hydrogen-bond acceptors (Lipinski definition) is 5. The van der Waals surface area contributed by atoms with E-state index < -0.39 is 35.9 Å². The minimum Gasteiger partial charge on any atom is -0.480 e. The molecule has 0 spiro atoms. The number of para-hydroxylation sites is 1. The summed E-state index contributed by atoms with van der Waals surface area (Å²) in [4.78, 5) is 43.2. The van der Waals surface area contributed by atoms with Gasteiger partial charge in [0, 0.05) is 23.6 Å². The lowest BCUT2D eigenvalue weighted by Crippen LogP contribution is -2.54. The number of amides is 2. The van der Waals surface area contributed by atoms with E-state index in [2.05, 4.69) is 20.6 Å². The summed E-state index contributed by atoms with van der Waals surface area (Å²) in [5, 5.41) is 15.0. The van der Waals surface area contributed by atoms with Crippen LogP contribution in [0.5, 0.6) is 0 Å². The van der Waals surface area contributed by atoms with E-state index in [0.717, 1.165) is 16.5 Å². The maximum Gasteiger partial charge on any atom is 0.325 e. The predicted octanol–water partition coefficient (Wildman–Crippen LogP) is -0.835. The largest absolute Gasteiger partial charge is 0.480 e. The second kappa shape index (κ2) is 11.0. The zero-order chi connectivity index (χ0) is 23.0. The van der Waals surface area contributed by atoms with Crippen molar-refractivity contribution < 1.29 is 19.5 Å². The van der Waals surface area contributed by atoms with Gasteiger partial charge in [-0.3, -0.25) is 19.4 Å². The number of nitrogens with zero attached hydrogens (tertiary/aromatic N) is 1. The number of rotatable bonds is 11. The Kier molecular flexibility index (Phi) is 8.38. The molecule has 11 heteroatoms. The Balaban J connectivity index is 2.04. The van der Waals surface area contributed by atoms with Crippen LogP contribution in [0.15, 0.2) is 35.5 Å². The second-order valence-electron chi connectivity index (χ2n) is 7.25. The molecule has 0 unspecified atom stereocenters. The van der Waals surface area contributed by atoms with Gasteiger partial charge in [0.2, 0.25) is 11.8 Å². The first kappa shape index (κ1) is 23.7. The molecule has 0 saturated heterocycles. The van der Waals surface area contributed by atoms with Crippen molar-refractivity contribution in [1.82, 2.24) is 15.6 Å². The molecular formula is C20H29N7O4. The molecule has 1 aromatic carbocycles. The van der Waals surface area contributed by atoms with Crippen molar-refractivity contribution in [3.63, 3.8) is 0 Å². The highest BCUT2D eigenvalue weighted by atomic mass is 16.4. The molecule has 0 aliphatic rings. The van der Waals surface area contributed by atoms with Gasteiger partial charge in [-0.2, -0.15) is 0 Å². The number of H-pyrrole nitrogens is 1. The Hall–Kier alpha value is -3.60. The van der Waals surface area contributed by atoms with E-state index in [1.807, 2.05) is 24.3 Å². The van der Waals surface area contributed by atoms with E-state index in [4.69, 9.17) is 22.3 Å². The molecule has 0 saturated carbocycles. The molecule has 1 aromatic heterocycles. The van der Waals surface area contributed by atoms with Gasteiger partial charge in [-0.15, -0.1) is 0 Å².